The van der Waals surface area contributed by atoms with Gasteiger partial charge in [-0.05, 0) is 66.7 Å². The molecule has 7 heteroatoms. The Kier molecular flexibility index (Phi) is 4.01. The summed E-state index contributed by atoms with van der Waals surface area (Å²) < 4.78 is 4.56. The molecular formula is C31H20BN5S. The molecule has 0 fully saturated rings. The first kappa shape index (κ1) is 20.4. The number of nitrogens with zero attached hydrogens (tertiary/aromatic N) is 5. The van der Waals surface area contributed by atoms with E-state index in [0.717, 1.165) is 39.2 Å². The maximum atomic E-state index is 5.07. The van der Waals surface area contributed by atoms with Crippen molar-refractivity contribution < 1.29 is 0 Å². The average molecular weight is 505 g/mol. The first-order chi connectivity index (χ1) is 18.9. The number of aromatic nitrogens is 3. The van der Waals surface area contributed by atoms with Gasteiger partial charge in [-0.2, -0.15) is 0 Å². The molecule has 2 aliphatic rings. The fraction of sp³-hybridized carbons (Fsp3) is 0. The van der Waals surface area contributed by atoms with Gasteiger partial charge in [0.2, 0.25) is 5.78 Å². The first-order valence-electron chi connectivity index (χ1n) is 12.8. The molecule has 38 heavy (non-hydrogen) atoms. The summed E-state index contributed by atoms with van der Waals surface area (Å²) in [4.78, 5) is 11.3. The fourth-order valence-electron chi connectivity index (χ4n) is 6.10. The van der Waals surface area contributed by atoms with Crippen molar-refractivity contribution >= 4 is 68.5 Å². The van der Waals surface area contributed by atoms with E-state index < -0.39 is 0 Å². The summed E-state index contributed by atoms with van der Waals surface area (Å²) in [5.74, 6) is 0.927. The number of hydrogen-bond acceptors (Lipinski definition) is 4. The zero-order valence-corrected chi connectivity index (χ0v) is 21.1. The molecule has 2 aromatic heterocycles. The molecule has 2 aliphatic heterocycles. The van der Waals surface area contributed by atoms with Crippen LogP contribution in [0.4, 0.5) is 22.7 Å². The SMILES string of the molecule is c1cc(N2B3Sc4ccccc4N3c3ccccc32)cc(-n2c3ccccc3n3c4ccccc4nc23)c1. The molecule has 5 aromatic carbocycles. The molecule has 0 spiro atoms. The van der Waals surface area contributed by atoms with Gasteiger partial charge in [0.1, 0.15) is 0 Å². The number of hydrogen-bond donors (Lipinski definition) is 0. The van der Waals surface area contributed by atoms with Crippen LogP contribution in [0.5, 0.6) is 0 Å². The van der Waals surface area contributed by atoms with Crippen molar-refractivity contribution in [1.82, 2.24) is 14.0 Å². The lowest BCUT2D eigenvalue weighted by molar-refractivity contribution is 1.11. The van der Waals surface area contributed by atoms with Crippen molar-refractivity contribution in [2.75, 3.05) is 9.62 Å². The molecule has 178 valence electrons. The molecule has 0 atom stereocenters. The minimum Gasteiger partial charge on any atom is -0.354 e. The van der Waals surface area contributed by atoms with Crippen LogP contribution in [0.3, 0.4) is 0 Å². The second-order valence-corrected chi connectivity index (χ2v) is 10.8. The highest BCUT2D eigenvalue weighted by Crippen LogP contribution is 2.56. The summed E-state index contributed by atoms with van der Waals surface area (Å²) in [6, 6.07) is 43.2. The van der Waals surface area contributed by atoms with E-state index in [0.29, 0.717) is 0 Å². The van der Waals surface area contributed by atoms with Crippen molar-refractivity contribution in [3.05, 3.63) is 121 Å². The smallest absolute Gasteiger partial charge is 0.354 e. The number of rotatable bonds is 2. The number of para-hydroxylation sites is 7. The van der Waals surface area contributed by atoms with E-state index in [1.165, 1.54) is 22.0 Å². The Morgan fingerprint density at radius 2 is 1.21 bits per heavy atom. The number of anilines is 4. The molecule has 5 nitrogen and oxygen atoms in total. The fourth-order valence-corrected chi connectivity index (χ4v) is 7.45. The van der Waals surface area contributed by atoms with Crippen LogP contribution in [0.2, 0.25) is 0 Å². The van der Waals surface area contributed by atoms with Gasteiger partial charge in [-0.25, -0.2) is 4.98 Å². The van der Waals surface area contributed by atoms with Crippen molar-refractivity contribution in [3.8, 4) is 5.69 Å². The molecule has 0 radical (unpaired) electrons. The predicted molar refractivity (Wildman–Crippen MR) is 158 cm³/mol. The van der Waals surface area contributed by atoms with Crippen LogP contribution in [0.15, 0.2) is 126 Å². The Balaban J connectivity index is 1.27. The van der Waals surface area contributed by atoms with Crippen molar-refractivity contribution in [3.63, 3.8) is 0 Å². The van der Waals surface area contributed by atoms with Crippen LogP contribution in [-0.4, -0.2) is 20.2 Å². The highest BCUT2D eigenvalue weighted by molar-refractivity contribution is 8.27. The highest BCUT2D eigenvalue weighted by atomic mass is 32.2. The molecule has 0 amide bonds. The molecule has 7 aromatic rings. The average Bonchev–Trinajstić information content (AvgIpc) is 3.69. The summed E-state index contributed by atoms with van der Waals surface area (Å²) in [7, 11) is 0. The monoisotopic (exact) mass is 505 g/mol. The Hall–Kier alpha value is -4.62. The van der Waals surface area contributed by atoms with Gasteiger partial charge < -0.3 is 9.62 Å². The van der Waals surface area contributed by atoms with Crippen molar-refractivity contribution in [2.45, 2.75) is 4.90 Å². The van der Waals surface area contributed by atoms with E-state index in [1.807, 2.05) is 11.6 Å². The van der Waals surface area contributed by atoms with Gasteiger partial charge in [-0.15, -0.1) is 11.6 Å². The zero-order chi connectivity index (χ0) is 24.8. The predicted octanol–water partition coefficient (Wildman–Crippen LogP) is 7.81. The standard InChI is InChI=1S/C31H20BN5S/c1-2-13-24-23(12-1)33-31-34(25-14-3-4-15-26(25)35(24)31)21-10-9-11-22(20-21)36-27-16-5-6-17-28(27)37-29-18-7-8-19-30(29)38-32(36)37/h1-20H. The molecule has 4 heterocycles. The molecule has 0 aliphatic carbocycles. The van der Waals surface area contributed by atoms with E-state index in [9.17, 15) is 0 Å². The van der Waals surface area contributed by atoms with Crippen molar-refractivity contribution in [2.24, 2.45) is 0 Å². The van der Waals surface area contributed by atoms with Crippen LogP contribution in [0.25, 0.3) is 33.5 Å². The van der Waals surface area contributed by atoms with Gasteiger partial charge in [0.25, 0.3) is 0 Å². The lowest BCUT2D eigenvalue weighted by Gasteiger charge is -2.24. The number of benzene rings is 5. The van der Waals surface area contributed by atoms with E-state index >= 15 is 0 Å². The minimum absolute atomic E-state index is 0.135. The topological polar surface area (TPSA) is 28.7 Å². The zero-order valence-electron chi connectivity index (χ0n) is 20.3. The van der Waals surface area contributed by atoms with Crippen LogP contribution in [-0.2, 0) is 0 Å². The van der Waals surface area contributed by atoms with Gasteiger partial charge in [-0.3, -0.25) is 8.97 Å². The summed E-state index contributed by atoms with van der Waals surface area (Å²) in [6.07, 6.45) is 0.135. The van der Waals surface area contributed by atoms with Crippen molar-refractivity contribution in [1.29, 1.82) is 0 Å². The lowest BCUT2D eigenvalue weighted by Crippen LogP contribution is -2.37. The molecule has 0 saturated carbocycles. The molecule has 0 unspecified atom stereocenters. The summed E-state index contributed by atoms with van der Waals surface area (Å²) in [5.41, 5.74) is 10.4. The number of fused-ring (bicyclic) bond motifs is 10. The molecule has 0 N–H and O–H groups in total. The molecule has 0 saturated heterocycles. The maximum absolute atomic E-state index is 5.07. The van der Waals surface area contributed by atoms with Crippen LogP contribution >= 0.6 is 11.6 Å². The van der Waals surface area contributed by atoms with Crippen LogP contribution < -0.4 is 9.62 Å². The van der Waals surface area contributed by atoms with E-state index in [1.54, 1.807) is 0 Å². The Labute approximate surface area is 223 Å². The second-order valence-electron chi connectivity index (χ2n) is 9.72. The third kappa shape index (κ3) is 2.61. The van der Waals surface area contributed by atoms with Gasteiger partial charge in [0.15, 0.2) is 0 Å². The Morgan fingerprint density at radius 3 is 2.08 bits per heavy atom. The Morgan fingerprint density at radius 1 is 0.553 bits per heavy atom. The number of imidazole rings is 2. The van der Waals surface area contributed by atoms with Gasteiger partial charge in [0.05, 0.1) is 39.1 Å². The lowest BCUT2D eigenvalue weighted by atomic mass is 10.0. The van der Waals surface area contributed by atoms with Crippen LogP contribution in [0.1, 0.15) is 0 Å². The van der Waals surface area contributed by atoms with E-state index in [2.05, 4.69) is 140 Å². The summed E-state index contributed by atoms with van der Waals surface area (Å²) in [5, 5.41) is 0. The Bertz CT molecular complexity index is 2060. The van der Waals surface area contributed by atoms with Gasteiger partial charge in [-0.1, -0.05) is 54.6 Å². The van der Waals surface area contributed by atoms with E-state index in [-0.39, 0.29) is 6.26 Å². The molecule has 9 rings (SSSR count). The first-order valence-corrected chi connectivity index (χ1v) is 13.6. The van der Waals surface area contributed by atoms with Gasteiger partial charge in [0, 0.05) is 16.3 Å². The minimum atomic E-state index is 0.135. The molecular weight excluding hydrogens is 485 g/mol. The quantitative estimate of drug-likeness (QED) is 0.224. The second kappa shape index (κ2) is 7.46. The third-order valence-corrected chi connectivity index (χ3v) is 8.90. The largest absolute Gasteiger partial charge is 0.461 e. The van der Waals surface area contributed by atoms with E-state index in [4.69, 9.17) is 4.98 Å². The maximum Gasteiger partial charge on any atom is 0.461 e. The normalized spacial score (nSPS) is 14.1. The summed E-state index contributed by atoms with van der Waals surface area (Å²) in [6.45, 7) is 0. The van der Waals surface area contributed by atoms with Crippen LogP contribution in [0, 0.1) is 0 Å². The highest BCUT2D eigenvalue weighted by Gasteiger charge is 2.48. The van der Waals surface area contributed by atoms with Gasteiger partial charge >= 0.3 is 6.26 Å². The molecule has 0 bridgehead atoms. The third-order valence-electron chi connectivity index (χ3n) is 7.67. The summed E-state index contributed by atoms with van der Waals surface area (Å²) >= 11 is 1.91.